The highest BCUT2D eigenvalue weighted by molar-refractivity contribution is 5.80. The molecule has 3 saturated carbocycles. The lowest BCUT2D eigenvalue weighted by atomic mass is 9.48. The van der Waals surface area contributed by atoms with Crippen LogP contribution in [0.2, 0.25) is 0 Å². The Kier molecular flexibility index (Phi) is 6.37. The Bertz CT molecular complexity index is 1290. The monoisotopic (exact) mass is 549 g/mol. The van der Waals surface area contributed by atoms with Gasteiger partial charge in [-0.25, -0.2) is 15.0 Å². The van der Waals surface area contributed by atoms with Gasteiger partial charge in [0, 0.05) is 12.3 Å². The van der Waals surface area contributed by atoms with E-state index >= 15 is 0 Å². The van der Waals surface area contributed by atoms with Crippen LogP contribution in [-0.4, -0.2) is 49.6 Å². The molecule has 8 rings (SSSR count). The van der Waals surface area contributed by atoms with E-state index in [4.69, 9.17) is 15.2 Å². The summed E-state index contributed by atoms with van der Waals surface area (Å²) in [6.45, 7) is 10.7. The lowest BCUT2D eigenvalue weighted by Crippen LogP contribution is -2.50. The van der Waals surface area contributed by atoms with E-state index in [9.17, 15) is 5.11 Å². The Morgan fingerprint density at radius 3 is 2.67 bits per heavy atom. The molecule has 11 atom stereocenters. The largest absolute Gasteiger partial charge is 0.393 e. The molecule has 0 radical (unpaired) electrons. The average molecular weight is 550 g/mol. The Morgan fingerprint density at radius 2 is 1.90 bits per heavy atom. The lowest BCUT2D eigenvalue weighted by molar-refractivity contribution is -0.272. The van der Waals surface area contributed by atoms with Gasteiger partial charge in [0.05, 0.1) is 25.1 Å². The highest BCUT2D eigenvalue weighted by Crippen LogP contribution is 2.69. The van der Waals surface area contributed by atoms with Crippen LogP contribution in [-0.2, 0) is 9.47 Å². The number of hydrogen-bond acceptors (Lipinski definition) is 7. The van der Waals surface area contributed by atoms with Crippen molar-refractivity contribution < 1.29 is 14.6 Å². The van der Waals surface area contributed by atoms with Crippen LogP contribution in [0.1, 0.15) is 85.5 Å². The van der Waals surface area contributed by atoms with E-state index in [2.05, 4.69) is 53.7 Å². The van der Waals surface area contributed by atoms with Crippen LogP contribution in [0.5, 0.6) is 0 Å². The first-order valence-electron chi connectivity index (χ1n) is 15.7. The van der Waals surface area contributed by atoms with E-state index in [-0.39, 0.29) is 11.9 Å². The van der Waals surface area contributed by atoms with Gasteiger partial charge in [-0.3, -0.25) is 0 Å². The zero-order valence-corrected chi connectivity index (χ0v) is 24.6. The SMILES string of the molecule is CC1CCC2(OC1)OC1CC3C4CCC5CC(O)CCC5(C)C4=CCC3(C)C1C2C.Nc1ncnc2nc[nH]c12. The van der Waals surface area contributed by atoms with Gasteiger partial charge in [0.1, 0.15) is 11.8 Å². The Morgan fingerprint density at radius 1 is 1.05 bits per heavy atom. The number of aliphatic hydroxyl groups is 1. The summed E-state index contributed by atoms with van der Waals surface area (Å²) in [5.74, 6) is 4.12. The summed E-state index contributed by atoms with van der Waals surface area (Å²) >= 11 is 0. The fourth-order valence-corrected chi connectivity index (χ4v) is 10.3. The van der Waals surface area contributed by atoms with E-state index in [1.54, 1.807) is 5.57 Å². The third-order valence-electron chi connectivity index (χ3n) is 12.5. The molecule has 1 spiro atoms. The number of fused-ring (bicyclic) bond motifs is 8. The van der Waals surface area contributed by atoms with E-state index in [1.165, 1.54) is 51.2 Å². The number of ether oxygens (including phenoxy) is 2. The highest BCUT2D eigenvalue weighted by Gasteiger charge is 2.67. The van der Waals surface area contributed by atoms with Crippen LogP contribution >= 0.6 is 0 Å². The van der Waals surface area contributed by atoms with Crippen molar-refractivity contribution in [1.29, 1.82) is 0 Å². The maximum atomic E-state index is 10.3. The van der Waals surface area contributed by atoms with Crippen molar-refractivity contribution in [3.05, 3.63) is 24.3 Å². The molecule has 5 fully saturated rings. The summed E-state index contributed by atoms with van der Waals surface area (Å²) in [4.78, 5) is 14.4. The second-order valence-corrected chi connectivity index (χ2v) is 14.5. The number of aromatic nitrogens is 4. The topological polar surface area (TPSA) is 119 Å². The summed E-state index contributed by atoms with van der Waals surface area (Å²) in [5, 5.41) is 10.3. The molecule has 11 unspecified atom stereocenters. The first kappa shape index (κ1) is 26.8. The number of nitrogens with two attached hydrogens (primary N) is 1. The molecule has 8 heteroatoms. The first-order chi connectivity index (χ1) is 19.1. The predicted molar refractivity (Wildman–Crippen MR) is 154 cm³/mol. The van der Waals surface area contributed by atoms with Gasteiger partial charge in [-0.15, -0.1) is 0 Å². The van der Waals surface area contributed by atoms with Gasteiger partial charge in [0.15, 0.2) is 17.3 Å². The van der Waals surface area contributed by atoms with Gasteiger partial charge >= 0.3 is 0 Å². The second kappa shape index (κ2) is 9.50. The van der Waals surface area contributed by atoms with Gasteiger partial charge < -0.3 is 25.3 Å². The van der Waals surface area contributed by atoms with Gasteiger partial charge in [0.2, 0.25) is 0 Å². The minimum Gasteiger partial charge on any atom is -0.393 e. The fourth-order valence-electron chi connectivity index (χ4n) is 10.3. The Hall–Kier alpha value is -2.03. The van der Waals surface area contributed by atoms with Crippen molar-refractivity contribution in [2.24, 2.45) is 46.3 Å². The average Bonchev–Trinajstić information content (AvgIpc) is 3.60. The number of rotatable bonds is 0. The molecule has 0 amide bonds. The molecule has 0 bridgehead atoms. The van der Waals surface area contributed by atoms with Crippen molar-refractivity contribution in [1.82, 2.24) is 19.9 Å². The smallest absolute Gasteiger partial charge is 0.182 e. The Labute approximate surface area is 237 Å². The summed E-state index contributed by atoms with van der Waals surface area (Å²) in [6, 6.07) is 0. The van der Waals surface area contributed by atoms with Crippen molar-refractivity contribution in [3.63, 3.8) is 0 Å². The number of anilines is 1. The number of H-pyrrole nitrogens is 1. The normalized spacial score (nSPS) is 47.5. The fraction of sp³-hybridized carbons (Fsp3) is 0.781. The van der Waals surface area contributed by atoms with Crippen molar-refractivity contribution >= 4 is 17.0 Å². The second-order valence-electron chi connectivity index (χ2n) is 14.5. The number of hydrogen-bond donors (Lipinski definition) is 3. The van der Waals surface area contributed by atoms with Gasteiger partial charge in [-0.2, -0.15) is 0 Å². The quantitative estimate of drug-likeness (QED) is 0.363. The van der Waals surface area contributed by atoms with Crippen molar-refractivity contribution in [2.75, 3.05) is 12.3 Å². The molecule has 0 aromatic carbocycles. The highest BCUT2D eigenvalue weighted by atomic mass is 16.7. The van der Waals surface area contributed by atoms with E-state index < -0.39 is 0 Å². The molecule has 8 nitrogen and oxygen atoms in total. The van der Waals surface area contributed by atoms with Crippen LogP contribution in [0.15, 0.2) is 24.3 Å². The number of aliphatic hydroxyl groups excluding tert-OH is 1. The third-order valence-corrected chi connectivity index (χ3v) is 12.5. The molecule has 218 valence electrons. The molecular weight excluding hydrogens is 502 g/mol. The lowest BCUT2D eigenvalue weighted by Gasteiger charge is -2.57. The molecular formula is C32H47N5O3. The third kappa shape index (κ3) is 3.92. The zero-order chi connectivity index (χ0) is 27.9. The minimum absolute atomic E-state index is 0.0661. The van der Waals surface area contributed by atoms with Gasteiger partial charge in [-0.05, 0) is 91.8 Å². The molecule has 4 N–H and O–H groups in total. The number of imidazole rings is 1. The number of nitrogens with zero attached hydrogens (tertiary/aromatic N) is 3. The Balaban J connectivity index is 0.000000222. The molecule has 4 aliphatic carbocycles. The van der Waals surface area contributed by atoms with Gasteiger partial charge in [0.25, 0.3) is 0 Å². The van der Waals surface area contributed by atoms with Crippen LogP contribution in [0, 0.1) is 46.3 Å². The first-order valence-corrected chi connectivity index (χ1v) is 15.7. The van der Waals surface area contributed by atoms with E-state index in [0.717, 1.165) is 37.7 Å². The van der Waals surface area contributed by atoms with Crippen LogP contribution in [0.4, 0.5) is 5.82 Å². The van der Waals surface area contributed by atoms with Crippen LogP contribution < -0.4 is 5.73 Å². The molecule has 6 aliphatic rings. The molecule has 2 aromatic heterocycles. The van der Waals surface area contributed by atoms with Crippen molar-refractivity contribution in [2.45, 2.75) is 103 Å². The van der Waals surface area contributed by atoms with E-state index in [1.807, 2.05) is 0 Å². The predicted octanol–water partition coefficient (Wildman–Crippen LogP) is 5.65. The molecule has 2 aliphatic heterocycles. The van der Waals surface area contributed by atoms with Crippen LogP contribution in [0.25, 0.3) is 11.2 Å². The summed E-state index contributed by atoms with van der Waals surface area (Å²) in [6.07, 6.45) is 16.5. The summed E-state index contributed by atoms with van der Waals surface area (Å²) in [7, 11) is 0. The number of allylic oxidation sites excluding steroid dienone is 2. The summed E-state index contributed by atoms with van der Waals surface area (Å²) in [5.41, 5.74) is 9.24. The minimum atomic E-state index is -0.303. The van der Waals surface area contributed by atoms with E-state index in [0.29, 0.717) is 57.6 Å². The number of aromatic amines is 1. The maximum absolute atomic E-state index is 10.3. The van der Waals surface area contributed by atoms with Crippen LogP contribution in [0.3, 0.4) is 0 Å². The molecule has 2 aromatic rings. The van der Waals surface area contributed by atoms with Gasteiger partial charge in [-0.1, -0.05) is 39.3 Å². The standard InChI is InChI=1S/C27H42O3.C5H5N5/c1-16-7-12-27(29-15-16)17(2)24-23(30-27)14-22-20-6-5-18-13-19(28)8-10-25(18,3)21(20)9-11-26(22,24)4;6-4-3-5(9-1-7-3)10-2-8-4/h9,16-20,22-24,28H,5-8,10-15H2,1-4H3;1-2H,(H3,6,7,8,9,10). The zero-order valence-electron chi connectivity index (χ0n) is 24.6. The summed E-state index contributed by atoms with van der Waals surface area (Å²) < 4.78 is 13.3. The molecule has 4 heterocycles. The number of nitrogen functional groups attached to an aromatic ring is 1. The van der Waals surface area contributed by atoms with Crippen molar-refractivity contribution in [3.8, 4) is 0 Å². The maximum Gasteiger partial charge on any atom is 0.182 e. The molecule has 40 heavy (non-hydrogen) atoms. The number of nitrogens with one attached hydrogen (secondary N) is 1. The molecule has 2 saturated heterocycles.